The zero-order chi connectivity index (χ0) is 27.3. The third kappa shape index (κ3) is 6.99. The highest BCUT2D eigenvalue weighted by Gasteiger charge is 2.28. The van der Waals surface area contributed by atoms with Gasteiger partial charge in [0, 0.05) is 42.0 Å². The molecule has 1 fully saturated rings. The molecule has 4 rings (SSSR count). The van der Waals surface area contributed by atoms with E-state index in [4.69, 9.17) is 4.74 Å². The monoisotopic (exact) mass is 536 g/mol. The Morgan fingerprint density at radius 2 is 1.58 bits per heavy atom. The smallest absolute Gasteiger partial charge is 0.247 e. The number of anilines is 1. The molecule has 1 aliphatic heterocycles. The number of ether oxygens (including phenoxy) is 1. The van der Waals surface area contributed by atoms with Crippen LogP contribution in [0.1, 0.15) is 39.2 Å². The Labute approximate surface area is 224 Å². The van der Waals surface area contributed by atoms with Gasteiger partial charge >= 0.3 is 0 Å². The molecular weight excluding hydrogens is 500 g/mol. The van der Waals surface area contributed by atoms with Crippen LogP contribution in [0.15, 0.2) is 71.6 Å². The second-order valence-electron chi connectivity index (χ2n) is 11.1. The second kappa shape index (κ2) is 11.7. The van der Waals surface area contributed by atoms with E-state index in [-0.39, 0.29) is 28.4 Å². The van der Waals surface area contributed by atoms with Crippen LogP contribution in [0.4, 0.5) is 5.69 Å². The first-order valence-corrected chi connectivity index (χ1v) is 14.7. The molecule has 2 amide bonds. The Bertz CT molecular complexity index is 1390. The maximum Gasteiger partial charge on any atom is 0.247 e. The van der Waals surface area contributed by atoms with Gasteiger partial charge in [-0.2, -0.15) is 0 Å². The summed E-state index contributed by atoms with van der Waals surface area (Å²) in [6.07, 6.45) is 1.58. The van der Waals surface area contributed by atoms with Gasteiger partial charge in [-0.1, -0.05) is 75.4 Å². The summed E-state index contributed by atoms with van der Waals surface area (Å²) in [4.78, 5) is 26.8. The fraction of sp³-hybridized carbons (Fsp3) is 0.400. The van der Waals surface area contributed by atoms with Crippen LogP contribution in [0.3, 0.4) is 0 Å². The van der Waals surface area contributed by atoms with Gasteiger partial charge in [0.2, 0.25) is 11.8 Å². The van der Waals surface area contributed by atoms with Crippen molar-refractivity contribution in [2.24, 2.45) is 11.3 Å². The highest BCUT2D eigenvalue weighted by molar-refractivity contribution is 7.91. The van der Waals surface area contributed by atoms with Gasteiger partial charge in [0.05, 0.1) is 10.6 Å². The Kier molecular flexibility index (Phi) is 8.53. The molecule has 0 saturated carbocycles. The first kappa shape index (κ1) is 27.8. The zero-order valence-electron chi connectivity index (χ0n) is 22.2. The van der Waals surface area contributed by atoms with E-state index in [1.54, 1.807) is 36.4 Å². The Morgan fingerprint density at radius 3 is 2.26 bits per heavy atom. The Morgan fingerprint density at radius 1 is 0.921 bits per heavy atom. The molecule has 0 aromatic heterocycles. The summed E-state index contributed by atoms with van der Waals surface area (Å²) < 4.78 is 31.8. The minimum absolute atomic E-state index is 0.00703. The van der Waals surface area contributed by atoms with Crippen molar-refractivity contribution in [2.75, 3.05) is 24.3 Å². The molecule has 202 valence electrons. The van der Waals surface area contributed by atoms with Gasteiger partial charge in [-0.3, -0.25) is 9.59 Å². The number of benzene rings is 3. The molecule has 1 aliphatic rings. The molecule has 0 aliphatic carbocycles. The van der Waals surface area contributed by atoms with Crippen LogP contribution < -0.4 is 10.6 Å². The summed E-state index contributed by atoms with van der Waals surface area (Å²) in [5.41, 5.74) is 1.02. The lowest BCUT2D eigenvalue weighted by Crippen LogP contribution is -2.48. The molecule has 7 nitrogen and oxygen atoms in total. The number of nitrogens with one attached hydrogen (secondary N) is 2. The maximum atomic E-state index is 13.6. The molecule has 3 aromatic carbocycles. The van der Waals surface area contributed by atoms with E-state index in [2.05, 4.69) is 10.6 Å². The third-order valence-corrected chi connectivity index (χ3v) is 8.88. The van der Waals surface area contributed by atoms with Crippen LogP contribution in [-0.2, 0) is 30.6 Å². The van der Waals surface area contributed by atoms with Gasteiger partial charge in [0.15, 0.2) is 9.84 Å². The van der Waals surface area contributed by atoms with Gasteiger partial charge in [-0.05, 0) is 36.0 Å². The van der Waals surface area contributed by atoms with Gasteiger partial charge in [-0.25, -0.2) is 8.42 Å². The highest BCUT2D eigenvalue weighted by atomic mass is 32.2. The maximum absolute atomic E-state index is 13.6. The number of sulfone groups is 1. The number of carbonyl (C=O) groups excluding carboxylic acids is 2. The molecule has 1 atom stereocenters. The number of fused-ring (bicyclic) bond motifs is 1. The summed E-state index contributed by atoms with van der Waals surface area (Å²) >= 11 is 0. The number of hydrogen-bond donors (Lipinski definition) is 2. The van der Waals surface area contributed by atoms with E-state index in [9.17, 15) is 18.0 Å². The van der Waals surface area contributed by atoms with E-state index >= 15 is 0 Å². The van der Waals surface area contributed by atoms with Crippen LogP contribution in [0, 0.1) is 11.3 Å². The number of hydrogen-bond acceptors (Lipinski definition) is 5. The van der Waals surface area contributed by atoms with Crippen LogP contribution >= 0.6 is 0 Å². The first-order chi connectivity index (χ1) is 18.0. The molecule has 0 spiro atoms. The normalized spacial score (nSPS) is 15.7. The molecule has 0 unspecified atom stereocenters. The van der Waals surface area contributed by atoms with Gasteiger partial charge in [0.25, 0.3) is 0 Å². The lowest BCUT2D eigenvalue weighted by atomic mass is 9.97. The molecule has 0 radical (unpaired) electrons. The predicted molar refractivity (Wildman–Crippen MR) is 150 cm³/mol. The second-order valence-corrected chi connectivity index (χ2v) is 13.1. The summed E-state index contributed by atoms with van der Waals surface area (Å²) in [7, 11) is -3.56. The summed E-state index contributed by atoms with van der Waals surface area (Å²) in [6, 6.07) is 19.1. The van der Waals surface area contributed by atoms with Crippen LogP contribution in [0.5, 0.6) is 0 Å². The Hall–Kier alpha value is -3.23. The van der Waals surface area contributed by atoms with E-state index in [0.717, 1.165) is 5.56 Å². The van der Waals surface area contributed by atoms with E-state index in [1.165, 1.54) is 0 Å². The van der Waals surface area contributed by atoms with Crippen LogP contribution in [0.25, 0.3) is 10.8 Å². The van der Waals surface area contributed by atoms with Crippen LogP contribution in [0.2, 0.25) is 0 Å². The molecule has 2 N–H and O–H groups in total. The molecule has 1 heterocycles. The molecule has 0 bridgehead atoms. The van der Waals surface area contributed by atoms with Crippen molar-refractivity contribution in [1.82, 2.24) is 5.32 Å². The van der Waals surface area contributed by atoms with Gasteiger partial charge < -0.3 is 15.4 Å². The highest BCUT2D eigenvalue weighted by Crippen LogP contribution is 2.32. The van der Waals surface area contributed by atoms with Crippen molar-refractivity contribution in [3.05, 3.63) is 72.3 Å². The van der Waals surface area contributed by atoms with Crippen molar-refractivity contribution in [1.29, 1.82) is 0 Å². The lowest BCUT2D eigenvalue weighted by Gasteiger charge is -2.25. The lowest BCUT2D eigenvalue weighted by molar-refractivity contribution is -0.131. The minimum Gasteiger partial charge on any atom is -0.381 e. The minimum atomic E-state index is -3.56. The van der Waals surface area contributed by atoms with Crippen molar-refractivity contribution in [2.45, 2.75) is 51.0 Å². The standard InChI is InChI=1S/C30H36N2O5S/c1-30(2,3)20-38(35,36)27-14-8-11-23-24(27)12-7-13-25(23)31-29(34)26(19-21-9-5-4-6-10-21)32-28(33)22-15-17-37-18-16-22/h4-14,22,26H,15-20H2,1-3H3,(H,31,34)(H,32,33)/t26-/m0/s1. The fourth-order valence-corrected chi connectivity index (χ4v) is 6.93. The molecular formula is C30H36N2O5S. The average Bonchev–Trinajstić information content (AvgIpc) is 2.88. The van der Waals surface area contributed by atoms with Gasteiger partial charge in [-0.15, -0.1) is 0 Å². The summed E-state index contributed by atoms with van der Waals surface area (Å²) in [6.45, 7) is 6.74. The van der Waals surface area contributed by atoms with Crippen molar-refractivity contribution in [3.8, 4) is 0 Å². The molecule has 1 saturated heterocycles. The quantitative estimate of drug-likeness (QED) is 0.433. The SMILES string of the molecule is CC(C)(C)CS(=O)(=O)c1cccc2c(NC(=O)[C@H](Cc3ccccc3)NC(=O)C3CCOCC3)cccc12. The predicted octanol–water partition coefficient (Wildman–Crippen LogP) is 4.75. The number of carbonyl (C=O) groups is 2. The van der Waals surface area contributed by atoms with Crippen molar-refractivity contribution >= 4 is 38.1 Å². The molecule has 38 heavy (non-hydrogen) atoms. The van der Waals surface area contributed by atoms with E-state index in [0.29, 0.717) is 48.9 Å². The van der Waals surface area contributed by atoms with E-state index < -0.39 is 21.3 Å². The van der Waals surface area contributed by atoms with Crippen molar-refractivity contribution < 1.29 is 22.7 Å². The third-order valence-electron chi connectivity index (χ3n) is 6.61. The topological polar surface area (TPSA) is 102 Å². The zero-order valence-corrected chi connectivity index (χ0v) is 23.0. The number of amides is 2. The molecule has 3 aromatic rings. The van der Waals surface area contributed by atoms with Gasteiger partial charge in [0.1, 0.15) is 6.04 Å². The van der Waals surface area contributed by atoms with Crippen molar-refractivity contribution in [3.63, 3.8) is 0 Å². The summed E-state index contributed by atoms with van der Waals surface area (Å²) in [5, 5.41) is 7.12. The first-order valence-electron chi connectivity index (χ1n) is 13.0. The average molecular weight is 537 g/mol. The largest absolute Gasteiger partial charge is 0.381 e. The summed E-state index contributed by atoms with van der Waals surface area (Å²) in [5.74, 6) is -0.696. The number of rotatable bonds is 8. The Balaban J connectivity index is 1.62. The molecule has 8 heteroatoms. The van der Waals surface area contributed by atoms with Crippen LogP contribution in [-0.4, -0.2) is 45.2 Å². The fourth-order valence-electron chi connectivity index (χ4n) is 4.84. The van der Waals surface area contributed by atoms with E-state index in [1.807, 2.05) is 51.1 Å².